The Morgan fingerprint density at radius 3 is 2.20 bits per heavy atom. The number of hydrogen-bond donors (Lipinski definition) is 2. The standard InChI is InChI=1S/C19H32N4O2/c1-13(2)8-10-20-18(24)16-15-7-5-6-12-23(15)17(22-16)19(25)21-11-9-14(3)4/h13-14H,5-12H2,1-4H3,(H,20,24)(H,21,25). The first kappa shape index (κ1) is 19.5. The lowest BCUT2D eigenvalue weighted by atomic mass is 10.1. The summed E-state index contributed by atoms with van der Waals surface area (Å²) in [5.74, 6) is 1.13. The highest BCUT2D eigenvalue weighted by molar-refractivity contribution is 5.97. The van der Waals surface area contributed by atoms with Crippen LogP contribution >= 0.6 is 0 Å². The van der Waals surface area contributed by atoms with E-state index >= 15 is 0 Å². The summed E-state index contributed by atoms with van der Waals surface area (Å²) in [5.41, 5.74) is 1.33. The molecular formula is C19H32N4O2. The second-order valence-electron chi connectivity index (χ2n) is 7.72. The predicted octanol–water partition coefficient (Wildman–Crippen LogP) is 2.77. The van der Waals surface area contributed by atoms with Crippen molar-refractivity contribution in [3.8, 4) is 0 Å². The van der Waals surface area contributed by atoms with Crippen molar-refractivity contribution in [2.45, 2.75) is 66.3 Å². The van der Waals surface area contributed by atoms with Gasteiger partial charge in [0.1, 0.15) is 5.69 Å². The molecule has 6 nitrogen and oxygen atoms in total. The molecule has 0 saturated carbocycles. The number of carbonyl (C=O) groups is 2. The minimum atomic E-state index is -0.176. The lowest BCUT2D eigenvalue weighted by molar-refractivity contribution is 0.0936. The number of fused-ring (bicyclic) bond motifs is 1. The number of aromatic nitrogens is 2. The minimum absolute atomic E-state index is 0.160. The van der Waals surface area contributed by atoms with E-state index in [2.05, 4.69) is 43.3 Å². The van der Waals surface area contributed by atoms with Crippen LogP contribution in [0, 0.1) is 11.8 Å². The normalized spacial score (nSPS) is 13.8. The third kappa shape index (κ3) is 5.31. The number of imidazole rings is 1. The summed E-state index contributed by atoms with van der Waals surface area (Å²) in [4.78, 5) is 29.5. The van der Waals surface area contributed by atoms with Gasteiger partial charge in [-0.2, -0.15) is 0 Å². The van der Waals surface area contributed by atoms with Gasteiger partial charge in [0, 0.05) is 19.6 Å². The molecule has 2 heterocycles. The van der Waals surface area contributed by atoms with Crippen molar-refractivity contribution < 1.29 is 9.59 Å². The molecule has 0 radical (unpaired) electrons. The Labute approximate surface area is 150 Å². The summed E-state index contributed by atoms with van der Waals surface area (Å²) in [6.07, 6.45) is 4.72. The molecule has 0 atom stereocenters. The van der Waals surface area contributed by atoms with Gasteiger partial charge in [-0.25, -0.2) is 4.98 Å². The van der Waals surface area contributed by atoms with Crippen LogP contribution < -0.4 is 10.6 Å². The Morgan fingerprint density at radius 1 is 1.00 bits per heavy atom. The Bertz CT molecular complexity index is 554. The molecule has 0 unspecified atom stereocenters. The van der Waals surface area contributed by atoms with Gasteiger partial charge >= 0.3 is 0 Å². The smallest absolute Gasteiger partial charge is 0.287 e. The van der Waals surface area contributed by atoms with E-state index in [-0.39, 0.29) is 11.8 Å². The summed E-state index contributed by atoms with van der Waals surface area (Å²) >= 11 is 0. The Kier molecular flexibility index (Phi) is 7.02. The highest BCUT2D eigenvalue weighted by atomic mass is 16.2. The van der Waals surface area contributed by atoms with Crippen molar-refractivity contribution >= 4 is 11.8 Å². The molecule has 0 fully saturated rings. The van der Waals surface area contributed by atoms with E-state index in [0.717, 1.165) is 44.3 Å². The summed E-state index contributed by atoms with van der Waals surface area (Å²) in [6.45, 7) is 10.5. The van der Waals surface area contributed by atoms with Gasteiger partial charge in [0.15, 0.2) is 5.82 Å². The number of carbonyl (C=O) groups excluding carboxylic acids is 2. The van der Waals surface area contributed by atoms with Gasteiger partial charge in [-0.1, -0.05) is 27.7 Å². The molecule has 1 aliphatic rings. The van der Waals surface area contributed by atoms with Crippen LogP contribution in [-0.2, 0) is 13.0 Å². The zero-order valence-electron chi connectivity index (χ0n) is 16.0. The van der Waals surface area contributed by atoms with Crippen molar-refractivity contribution in [1.29, 1.82) is 0 Å². The molecule has 140 valence electrons. The van der Waals surface area contributed by atoms with Crippen LogP contribution in [-0.4, -0.2) is 34.5 Å². The van der Waals surface area contributed by atoms with E-state index < -0.39 is 0 Å². The van der Waals surface area contributed by atoms with Crippen molar-refractivity contribution in [3.63, 3.8) is 0 Å². The molecule has 2 rings (SSSR count). The van der Waals surface area contributed by atoms with Gasteiger partial charge in [0.2, 0.25) is 0 Å². The average Bonchev–Trinajstić information content (AvgIpc) is 2.93. The van der Waals surface area contributed by atoms with Crippen LogP contribution in [0.25, 0.3) is 0 Å². The fraction of sp³-hybridized carbons (Fsp3) is 0.737. The van der Waals surface area contributed by atoms with Gasteiger partial charge in [-0.3, -0.25) is 9.59 Å². The van der Waals surface area contributed by atoms with Crippen LogP contribution in [0.1, 0.15) is 80.2 Å². The quantitative estimate of drug-likeness (QED) is 0.758. The molecule has 2 N–H and O–H groups in total. The van der Waals surface area contributed by atoms with Gasteiger partial charge in [-0.05, 0) is 43.9 Å². The van der Waals surface area contributed by atoms with Crippen molar-refractivity contribution in [2.75, 3.05) is 13.1 Å². The molecule has 1 aromatic heterocycles. The number of rotatable bonds is 8. The van der Waals surface area contributed by atoms with E-state index in [1.54, 1.807) is 0 Å². The summed E-state index contributed by atoms with van der Waals surface area (Å²) < 4.78 is 1.94. The first-order chi connectivity index (χ1) is 11.9. The number of amides is 2. The van der Waals surface area contributed by atoms with E-state index in [9.17, 15) is 9.59 Å². The van der Waals surface area contributed by atoms with Crippen LogP contribution in [0.4, 0.5) is 0 Å². The third-order valence-corrected chi connectivity index (χ3v) is 4.55. The largest absolute Gasteiger partial charge is 0.351 e. The SMILES string of the molecule is CC(C)CCNC(=O)c1nc(C(=O)NCCC(C)C)n2c1CCCC2. The van der Waals surface area contributed by atoms with Crippen LogP contribution in [0.2, 0.25) is 0 Å². The van der Waals surface area contributed by atoms with E-state index in [1.807, 2.05) is 4.57 Å². The van der Waals surface area contributed by atoms with Crippen molar-refractivity contribution in [2.24, 2.45) is 11.8 Å². The predicted molar refractivity (Wildman–Crippen MR) is 98.7 cm³/mol. The molecule has 0 spiro atoms. The maximum atomic E-state index is 12.5. The maximum absolute atomic E-state index is 12.5. The molecular weight excluding hydrogens is 316 g/mol. The van der Waals surface area contributed by atoms with E-state index in [0.29, 0.717) is 36.4 Å². The van der Waals surface area contributed by atoms with Gasteiger partial charge in [0.25, 0.3) is 11.8 Å². The second kappa shape index (κ2) is 9.02. The molecule has 0 aliphatic carbocycles. The number of nitrogens with zero attached hydrogens (tertiary/aromatic N) is 2. The Morgan fingerprint density at radius 2 is 1.60 bits per heavy atom. The second-order valence-corrected chi connectivity index (χ2v) is 7.72. The lowest BCUT2D eigenvalue weighted by Crippen LogP contribution is -2.29. The molecule has 0 bridgehead atoms. The first-order valence-corrected chi connectivity index (χ1v) is 9.56. The van der Waals surface area contributed by atoms with Crippen molar-refractivity contribution in [3.05, 3.63) is 17.2 Å². The Balaban J connectivity index is 2.11. The fourth-order valence-electron chi connectivity index (χ4n) is 3.01. The van der Waals surface area contributed by atoms with Crippen LogP contribution in [0.3, 0.4) is 0 Å². The highest BCUT2D eigenvalue weighted by Crippen LogP contribution is 2.21. The number of nitrogens with one attached hydrogen (secondary N) is 2. The number of hydrogen-bond acceptors (Lipinski definition) is 3. The van der Waals surface area contributed by atoms with E-state index in [4.69, 9.17) is 0 Å². The monoisotopic (exact) mass is 348 g/mol. The average molecular weight is 348 g/mol. The first-order valence-electron chi connectivity index (χ1n) is 9.56. The minimum Gasteiger partial charge on any atom is -0.351 e. The zero-order valence-corrected chi connectivity index (χ0v) is 16.0. The molecule has 2 amide bonds. The summed E-state index contributed by atoms with van der Waals surface area (Å²) in [5, 5.41) is 5.88. The zero-order chi connectivity index (χ0) is 18.4. The third-order valence-electron chi connectivity index (χ3n) is 4.55. The maximum Gasteiger partial charge on any atom is 0.287 e. The molecule has 0 aromatic carbocycles. The summed E-state index contributed by atoms with van der Waals surface area (Å²) in [7, 11) is 0. The van der Waals surface area contributed by atoms with Crippen LogP contribution in [0.15, 0.2) is 0 Å². The van der Waals surface area contributed by atoms with Gasteiger partial charge in [-0.15, -0.1) is 0 Å². The van der Waals surface area contributed by atoms with Crippen molar-refractivity contribution in [1.82, 2.24) is 20.2 Å². The highest BCUT2D eigenvalue weighted by Gasteiger charge is 2.27. The van der Waals surface area contributed by atoms with Gasteiger partial charge < -0.3 is 15.2 Å². The fourth-order valence-corrected chi connectivity index (χ4v) is 3.01. The molecule has 1 aromatic rings. The molecule has 6 heteroatoms. The molecule has 25 heavy (non-hydrogen) atoms. The molecule has 1 aliphatic heterocycles. The Hall–Kier alpha value is -1.85. The lowest BCUT2D eigenvalue weighted by Gasteiger charge is -2.17. The summed E-state index contributed by atoms with van der Waals surface area (Å²) in [6, 6.07) is 0. The van der Waals surface area contributed by atoms with Gasteiger partial charge in [0.05, 0.1) is 5.69 Å². The topological polar surface area (TPSA) is 76.0 Å². The molecule has 0 saturated heterocycles. The van der Waals surface area contributed by atoms with Crippen LogP contribution in [0.5, 0.6) is 0 Å². The van der Waals surface area contributed by atoms with E-state index in [1.165, 1.54) is 0 Å².